The summed E-state index contributed by atoms with van der Waals surface area (Å²) < 4.78 is 4.52. The Bertz CT molecular complexity index is 294. The summed E-state index contributed by atoms with van der Waals surface area (Å²) in [6.07, 6.45) is 0.281. The molecule has 0 bridgehead atoms. The van der Waals surface area contributed by atoms with Crippen molar-refractivity contribution in [3.05, 3.63) is 0 Å². The molecule has 1 aliphatic heterocycles. The average Bonchev–Trinajstić information content (AvgIpc) is 2.75. The van der Waals surface area contributed by atoms with Gasteiger partial charge < -0.3 is 20.7 Å². The summed E-state index contributed by atoms with van der Waals surface area (Å²) in [4.78, 5) is 24.7. The lowest BCUT2D eigenvalue weighted by Gasteiger charge is -2.23. The summed E-state index contributed by atoms with van der Waals surface area (Å²) in [6.45, 7) is 4.98. The summed E-state index contributed by atoms with van der Waals surface area (Å²) in [5.74, 6) is 0.0734. The number of carbonyl (C=O) groups is 2. The van der Waals surface area contributed by atoms with Crippen molar-refractivity contribution >= 4 is 12.0 Å². The molecule has 17 heavy (non-hydrogen) atoms. The molecular formula is C11H21N3O3. The van der Waals surface area contributed by atoms with Gasteiger partial charge in [-0.25, -0.2) is 4.79 Å². The molecule has 3 N–H and O–H groups in total. The lowest BCUT2D eigenvalue weighted by Crippen LogP contribution is -2.47. The van der Waals surface area contributed by atoms with Gasteiger partial charge in [0.15, 0.2) is 0 Å². The summed E-state index contributed by atoms with van der Waals surface area (Å²) in [7, 11) is 1.32. The van der Waals surface area contributed by atoms with Crippen molar-refractivity contribution in [3.63, 3.8) is 0 Å². The first-order chi connectivity index (χ1) is 7.95. The van der Waals surface area contributed by atoms with E-state index in [9.17, 15) is 9.59 Å². The van der Waals surface area contributed by atoms with E-state index in [2.05, 4.69) is 10.1 Å². The van der Waals surface area contributed by atoms with Crippen LogP contribution in [0.1, 0.15) is 20.3 Å². The van der Waals surface area contributed by atoms with Crippen LogP contribution in [0.5, 0.6) is 0 Å². The third-order valence-electron chi connectivity index (χ3n) is 3.01. The molecule has 2 atom stereocenters. The third-order valence-corrected chi connectivity index (χ3v) is 3.01. The zero-order chi connectivity index (χ0) is 13.0. The van der Waals surface area contributed by atoms with E-state index in [1.54, 1.807) is 4.90 Å². The van der Waals surface area contributed by atoms with Crippen LogP contribution >= 0.6 is 0 Å². The van der Waals surface area contributed by atoms with Crippen molar-refractivity contribution in [2.24, 2.45) is 11.7 Å². The summed E-state index contributed by atoms with van der Waals surface area (Å²) >= 11 is 0. The van der Waals surface area contributed by atoms with Crippen LogP contribution in [0.25, 0.3) is 0 Å². The van der Waals surface area contributed by atoms with E-state index in [1.165, 1.54) is 7.11 Å². The van der Waals surface area contributed by atoms with Crippen LogP contribution in [0.15, 0.2) is 0 Å². The van der Waals surface area contributed by atoms with E-state index in [0.717, 1.165) is 6.42 Å². The van der Waals surface area contributed by atoms with Gasteiger partial charge in [0.25, 0.3) is 0 Å². The van der Waals surface area contributed by atoms with Gasteiger partial charge in [-0.3, -0.25) is 4.79 Å². The van der Waals surface area contributed by atoms with Gasteiger partial charge >= 0.3 is 6.09 Å². The highest BCUT2D eigenvalue weighted by Crippen LogP contribution is 2.12. The number of nitrogens with two attached hydrogens (primary N) is 1. The minimum atomic E-state index is -0.466. The largest absolute Gasteiger partial charge is 0.453 e. The predicted octanol–water partition coefficient (Wildman–Crippen LogP) is -0.0734. The Morgan fingerprint density at radius 3 is 2.65 bits per heavy atom. The fourth-order valence-corrected chi connectivity index (χ4v) is 1.80. The van der Waals surface area contributed by atoms with Crippen molar-refractivity contribution in [2.75, 3.05) is 20.2 Å². The topological polar surface area (TPSA) is 84.7 Å². The van der Waals surface area contributed by atoms with Gasteiger partial charge in [-0.05, 0) is 12.3 Å². The lowest BCUT2D eigenvalue weighted by atomic mass is 10.0. The van der Waals surface area contributed by atoms with E-state index in [0.29, 0.717) is 13.1 Å². The van der Waals surface area contributed by atoms with Crippen LogP contribution in [0.4, 0.5) is 4.79 Å². The minimum Gasteiger partial charge on any atom is -0.453 e. The number of ether oxygens (including phenoxy) is 1. The maximum absolute atomic E-state index is 11.9. The third kappa shape index (κ3) is 3.59. The molecule has 0 radical (unpaired) electrons. The molecule has 0 aromatic rings. The number of hydrogen-bond donors (Lipinski definition) is 2. The molecule has 1 fully saturated rings. The van der Waals surface area contributed by atoms with Crippen molar-refractivity contribution in [2.45, 2.75) is 32.4 Å². The number of amides is 2. The molecule has 0 aromatic heterocycles. The average molecular weight is 243 g/mol. The van der Waals surface area contributed by atoms with Crippen molar-refractivity contribution < 1.29 is 14.3 Å². The van der Waals surface area contributed by atoms with Crippen LogP contribution < -0.4 is 11.1 Å². The smallest absolute Gasteiger partial charge is 0.407 e. The Hall–Kier alpha value is -1.30. The zero-order valence-corrected chi connectivity index (χ0v) is 10.6. The molecule has 2 amide bonds. The van der Waals surface area contributed by atoms with Crippen molar-refractivity contribution in [1.82, 2.24) is 10.2 Å². The minimum absolute atomic E-state index is 0.0363. The second-order valence-corrected chi connectivity index (χ2v) is 4.68. The molecule has 1 aliphatic rings. The lowest BCUT2D eigenvalue weighted by molar-refractivity contribution is -0.132. The number of methoxy groups -OCH3 is 1. The van der Waals surface area contributed by atoms with Gasteiger partial charge in [0.2, 0.25) is 5.91 Å². The highest BCUT2D eigenvalue weighted by Gasteiger charge is 2.31. The van der Waals surface area contributed by atoms with E-state index >= 15 is 0 Å². The first-order valence-electron chi connectivity index (χ1n) is 5.84. The second-order valence-electron chi connectivity index (χ2n) is 4.68. The Morgan fingerprint density at radius 1 is 1.47 bits per heavy atom. The summed E-state index contributed by atoms with van der Waals surface area (Å²) in [5, 5.41) is 2.69. The number of nitrogens with zero attached hydrogens (tertiary/aromatic N) is 1. The van der Waals surface area contributed by atoms with Gasteiger partial charge in [0.1, 0.15) is 0 Å². The molecule has 6 nitrogen and oxygen atoms in total. The number of carbonyl (C=O) groups excluding carboxylic acids is 2. The molecule has 1 rings (SSSR count). The molecule has 0 aromatic carbocycles. The van der Waals surface area contributed by atoms with Gasteiger partial charge in [-0.15, -0.1) is 0 Å². The van der Waals surface area contributed by atoms with Crippen molar-refractivity contribution in [3.8, 4) is 0 Å². The van der Waals surface area contributed by atoms with E-state index < -0.39 is 12.1 Å². The molecule has 1 heterocycles. The molecule has 0 saturated carbocycles. The molecule has 0 spiro atoms. The predicted molar refractivity (Wildman–Crippen MR) is 63.3 cm³/mol. The molecule has 6 heteroatoms. The van der Waals surface area contributed by atoms with E-state index in [-0.39, 0.29) is 17.9 Å². The van der Waals surface area contributed by atoms with Gasteiger partial charge in [0.05, 0.1) is 19.2 Å². The Morgan fingerprint density at radius 2 is 2.12 bits per heavy atom. The van der Waals surface area contributed by atoms with Gasteiger partial charge in [-0.2, -0.15) is 0 Å². The highest BCUT2D eigenvalue weighted by atomic mass is 16.5. The molecule has 1 saturated heterocycles. The van der Waals surface area contributed by atoms with Crippen molar-refractivity contribution in [1.29, 1.82) is 0 Å². The molecule has 0 aliphatic carbocycles. The fourth-order valence-electron chi connectivity index (χ4n) is 1.80. The number of rotatable bonds is 3. The SMILES string of the molecule is COC(=O)NC1CCN(C(=O)C(N)C(C)C)C1. The summed E-state index contributed by atoms with van der Waals surface area (Å²) in [5.41, 5.74) is 5.81. The molecule has 2 unspecified atom stereocenters. The Kier molecular flexibility index (Phi) is 4.74. The Balaban J connectivity index is 2.44. The maximum atomic E-state index is 11.9. The van der Waals surface area contributed by atoms with Gasteiger partial charge in [0, 0.05) is 13.1 Å². The maximum Gasteiger partial charge on any atom is 0.407 e. The zero-order valence-electron chi connectivity index (χ0n) is 10.6. The van der Waals surface area contributed by atoms with E-state index in [4.69, 9.17) is 5.73 Å². The second kappa shape index (κ2) is 5.86. The van der Waals surface area contributed by atoms with Gasteiger partial charge in [-0.1, -0.05) is 13.8 Å². The molecular weight excluding hydrogens is 222 g/mol. The van der Waals surface area contributed by atoms with Crippen LogP contribution in [-0.4, -0.2) is 49.2 Å². The summed E-state index contributed by atoms with van der Waals surface area (Å²) in [6, 6.07) is -0.502. The van der Waals surface area contributed by atoms with Crippen LogP contribution in [0.2, 0.25) is 0 Å². The van der Waals surface area contributed by atoms with E-state index in [1.807, 2.05) is 13.8 Å². The van der Waals surface area contributed by atoms with Crippen LogP contribution in [0, 0.1) is 5.92 Å². The highest BCUT2D eigenvalue weighted by molar-refractivity contribution is 5.82. The number of alkyl carbamates (subject to hydrolysis) is 1. The normalized spacial score (nSPS) is 21.5. The monoisotopic (exact) mass is 243 g/mol. The number of hydrogen-bond acceptors (Lipinski definition) is 4. The quantitative estimate of drug-likeness (QED) is 0.726. The first-order valence-corrected chi connectivity index (χ1v) is 5.84. The first kappa shape index (κ1) is 13.8. The van der Waals surface area contributed by atoms with Crippen LogP contribution in [-0.2, 0) is 9.53 Å². The fraction of sp³-hybridized carbons (Fsp3) is 0.818. The number of likely N-dealkylation sites (tertiary alicyclic amines) is 1. The molecule has 98 valence electrons. The standard InChI is InChI=1S/C11H21N3O3/c1-7(2)9(12)10(15)14-5-4-8(6-14)13-11(16)17-3/h7-9H,4-6,12H2,1-3H3,(H,13,16). The Labute approximate surface area is 101 Å². The van der Waals surface area contributed by atoms with Crippen LogP contribution in [0.3, 0.4) is 0 Å². The number of nitrogens with one attached hydrogen (secondary N) is 1.